The van der Waals surface area contributed by atoms with Crippen molar-refractivity contribution in [1.82, 2.24) is 4.90 Å². The van der Waals surface area contributed by atoms with Gasteiger partial charge in [-0.1, -0.05) is 60.7 Å². The van der Waals surface area contributed by atoms with Gasteiger partial charge in [-0.15, -0.1) is 0 Å². The summed E-state index contributed by atoms with van der Waals surface area (Å²) < 4.78 is 15.9. The van der Waals surface area contributed by atoms with Gasteiger partial charge in [0.2, 0.25) is 5.79 Å². The molecule has 3 rings (SSSR count). The summed E-state index contributed by atoms with van der Waals surface area (Å²) in [5, 5.41) is 0. The van der Waals surface area contributed by atoms with Gasteiger partial charge in [0.05, 0.1) is 0 Å². The molecule has 0 aromatic heterocycles. The number of carbonyl (C=O) groups excluding carboxylic acids is 2. The highest BCUT2D eigenvalue weighted by atomic mass is 19.1. The predicted molar refractivity (Wildman–Crippen MR) is 75.8 cm³/mol. The molecule has 2 aromatic carbocycles. The Labute approximate surface area is 121 Å². The van der Waals surface area contributed by atoms with Crippen LogP contribution in [0, 0.1) is 0 Å². The largest absolute Gasteiger partial charge is 0.269 e. The van der Waals surface area contributed by atoms with Crippen molar-refractivity contribution in [3.63, 3.8) is 0 Å². The van der Waals surface area contributed by atoms with Crippen LogP contribution < -0.4 is 0 Å². The highest BCUT2D eigenvalue weighted by molar-refractivity contribution is 6.13. The summed E-state index contributed by atoms with van der Waals surface area (Å²) in [7, 11) is 0. The minimum atomic E-state index is -2.32. The molecule has 0 spiro atoms. The Hall–Kier alpha value is -2.75. The van der Waals surface area contributed by atoms with Crippen LogP contribution in [0.5, 0.6) is 0 Å². The number of nitrogens with zero attached hydrogens (tertiary/aromatic N) is 1. The molecule has 2 aromatic rings. The summed E-state index contributed by atoms with van der Waals surface area (Å²) >= 11 is 0. The molecule has 0 radical (unpaired) electrons. The van der Waals surface area contributed by atoms with Crippen LogP contribution in [0.15, 0.2) is 72.8 Å². The molecule has 1 heterocycles. The topological polar surface area (TPSA) is 37.4 Å². The molecule has 4 heteroatoms. The number of hydrogen-bond acceptors (Lipinski definition) is 2. The lowest BCUT2D eigenvalue weighted by atomic mass is 9.94. The molecule has 0 saturated heterocycles. The van der Waals surface area contributed by atoms with Crippen LogP contribution in [-0.2, 0) is 15.4 Å². The summed E-state index contributed by atoms with van der Waals surface area (Å²) in [6.45, 7) is 0. The number of imide groups is 1. The van der Waals surface area contributed by atoms with Crippen molar-refractivity contribution in [3.05, 3.63) is 83.9 Å². The summed E-state index contributed by atoms with van der Waals surface area (Å²) in [6.07, 6.45) is 2.17. The molecule has 2 amide bonds. The highest BCUT2D eigenvalue weighted by Gasteiger charge is 2.47. The molecule has 0 N–H and O–H groups in total. The zero-order valence-electron chi connectivity index (χ0n) is 11.1. The van der Waals surface area contributed by atoms with Crippen LogP contribution >= 0.6 is 0 Å². The smallest absolute Gasteiger partial charge is 0.256 e. The van der Waals surface area contributed by atoms with Crippen LogP contribution in [0.2, 0.25) is 0 Å². The van der Waals surface area contributed by atoms with E-state index in [1.54, 1.807) is 60.7 Å². The normalized spacial score (nSPS) is 14.8. The lowest BCUT2D eigenvalue weighted by Gasteiger charge is -2.34. The third kappa shape index (κ3) is 2.05. The molecule has 1 aliphatic heterocycles. The van der Waals surface area contributed by atoms with Crippen LogP contribution in [-0.4, -0.2) is 16.7 Å². The van der Waals surface area contributed by atoms with E-state index in [2.05, 4.69) is 0 Å². The van der Waals surface area contributed by atoms with Crippen molar-refractivity contribution in [2.75, 3.05) is 0 Å². The van der Waals surface area contributed by atoms with E-state index in [1.807, 2.05) is 0 Å². The summed E-state index contributed by atoms with van der Waals surface area (Å²) in [5.41, 5.74) is 0.475. The van der Waals surface area contributed by atoms with E-state index in [9.17, 15) is 9.59 Å². The van der Waals surface area contributed by atoms with Gasteiger partial charge in [0.1, 0.15) is 0 Å². The number of benzene rings is 2. The maximum absolute atomic E-state index is 15.9. The number of hydrogen-bond donors (Lipinski definition) is 0. The van der Waals surface area contributed by atoms with Gasteiger partial charge >= 0.3 is 0 Å². The van der Waals surface area contributed by atoms with E-state index in [1.165, 1.54) is 0 Å². The molecular formula is C17H12FNO2. The first-order valence-electron chi connectivity index (χ1n) is 6.50. The van der Waals surface area contributed by atoms with Gasteiger partial charge in [-0.25, -0.2) is 9.29 Å². The number of amides is 2. The van der Waals surface area contributed by atoms with Gasteiger partial charge in [-0.2, -0.15) is 0 Å². The maximum Gasteiger partial charge on any atom is 0.256 e. The lowest BCUT2D eigenvalue weighted by molar-refractivity contribution is -0.150. The zero-order valence-corrected chi connectivity index (χ0v) is 11.1. The summed E-state index contributed by atoms with van der Waals surface area (Å²) in [4.78, 5) is 24.6. The van der Waals surface area contributed by atoms with Gasteiger partial charge in [0, 0.05) is 23.3 Å². The Kier molecular flexibility index (Phi) is 3.14. The molecule has 0 fully saturated rings. The zero-order chi connectivity index (χ0) is 14.9. The second-order valence-electron chi connectivity index (χ2n) is 4.70. The molecule has 0 atom stereocenters. The monoisotopic (exact) mass is 281 g/mol. The molecule has 0 bridgehead atoms. The predicted octanol–water partition coefficient (Wildman–Crippen LogP) is 2.78. The van der Waals surface area contributed by atoms with E-state index in [-0.39, 0.29) is 11.1 Å². The van der Waals surface area contributed by atoms with Crippen molar-refractivity contribution < 1.29 is 14.0 Å². The van der Waals surface area contributed by atoms with E-state index >= 15 is 4.39 Å². The fourth-order valence-electron chi connectivity index (χ4n) is 2.45. The van der Waals surface area contributed by atoms with Crippen molar-refractivity contribution in [3.8, 4) is 0 Å². The first kappa shape index (κ1) is 13.2. The summed E-state index contributed by atoms with van der Waals surface area (Å²) in [6, 6.07) is 16.4. The Morgan fingerprint density at radius 1 is 0.714 bits per heavy atom. The molecule has 104 valence electrons. The summed E-state index contributed by atoms with van der Waals surface area (Å²) in [5.74, 6) is -3.63. The van der Waals surface area contributed by atoms with Crippen molar-refractivity contribution >= 4 is 11.8 Å². The van der Waals surface area contributed by atoms with Gasteiger partial charge in [-0.05, 0) is 0 Å². The van der Waals surface area contributed by atoms with Crippen LogP contribution in [0.4, 0.5) is 4.39 Å². The average Bonchev–Trinajstić information content (AvgIpc) is 2.88. The number of rotatable bonds is 3. The first-order chi connectivity index (χ1) is 10.1. The Balaban J connectivity index is 2.21. The minimum absolute atomic E-state index is 0.238. The SMILES string of the molecule is O=C1C=CC(=O)N1C(F)(c1ccccc1)c1ccccc1. The third-order valence-corrected chi connectivity index (χ3v) is 3.43. The van der Waals surface area contributed by atoms with Gasteiger partial charge in [0.15, 0.2) is 0 Å². The Morgan fingerprint density at radius 3 is 1.48 bits per heavy atom. The first-order valence-corrected chi connectivity index (χ1v) is 6.50. The van der Waals surface area contributed by atoms with Crippen LogP contribution in [0.3, 0.4) is 0 Å². The number of halogens is 1. The third-order valence-electron chi connectivity index (χ3n) is 3.43. The Morgan fingerprint density at radius 2 is 1.10 bits per heavy atom. The van der Waals surface area contributed by atoms with E-state index in [0.717, 1.165) is 12.2 Å². The van der Waals surface area contributed by atoms with E-state index in [4.69, 9.17) is 0 Å². The number of alkyl halides is 1. The van der Waals surface area contributed by atoms with Crippen LogP contribution in [0.1, 0.15) is 11.1 Å². The fourth-order valence-corrected chi connectivity index (χ4v) is 2.45. The lowest BCUT2D eigenvalue weighted by Crippen LogP contribution is -2.47. The van der Waals surface area contributed by atoms with Gasteiger partial charge in [-0.3, -0.25) is 9.59 Å². The maximum atomic E-state index is 15.9. The number of carbonyl (C=O) groups is 2. The molecular weight excluding hydrogens is 269 g/mol. The second kappa shape index (κ2) is 4.98. The van der Waals surface area contributed by atoms with Crippen molar-refractivity contribution in [2.45, 2.75) is 5.79 Å². The van der Waals surface area contributed by atoms with E-state index in [0.29, 0.717) is 4.90 Å². The van der Waals surface area contributed by atoms with Gasteiger partial charge < -0.3 is 0 Å². The van der Waals surface area contributed by atoms with Crippen molar-refractivity contribution in [2.24, 2.45) is 0 Å². The minimum Gasteiger partial charge on any atom is -0.269 e. The van der Waals surface area contributed by atoms with E-state index < -0.39 is 17.6 Å². The molecule has 21 heavy (non-hydrogen) atoms. The standard InChI is InChI=1S/C17H12FNO2/c18-17(13-7-3-1-4-8-13,14-9-5-2-6-10-14)19-15(20)11-12-16(19)21/h1-12H. The Bertz CT molecular complexity index is 653. The fraction of sp³-hybridized carbons (Fsp3) is 0.0588. The molecule has 0 saturated carbocycles. The van der Waals surface area contributed by atoms with Crippen LogP contribution in [0.25, 0.3) is 0 Å². The quantitative estimate of drug-likeness (QED) is 0.641. The molecule has 0 aliphatic carbocycles. The molecule has 0 unspecified atom stereocenters. The molecule has 1 aliphatic rings. The second-order valence-corrected chi connectivity index (χ2v) is 4.70. The molecule has 3 nitrogen and oxygen atoms in total. The van der Waals surface area contributed by atoms with Gasteiger partial charge in [0.25, 0.3) is 11.8 Å². The average molecular weight is 281 g/mol. The van der Waals surface area contributed by atoms with Crippen molar-refractivity contribution in [1.29, 1.82) is 0 Å². The highest BCUT2D eigenvalue weighted by Crippen LogP contribution is 2.39.